The van der Waals surface area contributed by atoms with Gasteiger partial charge in [0.15, 0.2) is 0 Å². The maximum atomic E-state index is 14.4. The van der Waals surface area contributed by atoms with Gasteiger partial charge in [0.25, 0.3) is 0 Å². The van der Waals surface area contributed by atoms with Crippen LogP contribution in [0.2, 0.25) is 0 Å². The van der Waals surface area contributed by atoms with Crippen molar-refractivity contribution in [3.8, 4) is 22.8 Å². The fourth-order valence-corrected chi connectivity index (χ4v) is 6.47. The van der Waals surface area contributed by atoms with Gasteiger partial charge in [0.1, 0.15) is 40.8 Å². The molecule has 0 spiro atoms. The number of esters is 1. The van der Waals surface area contributed by atoms with E-state index in [-0.39, 0.29) is 31.9 Å². The van der Waals surface area contributed by atoms with Crippen LogP contribution in [0.5, 0.6) is 11.5 Å². The smallest absolute Gasteiger partial charge is 0.408 e. The SMILES string of the molecule is C=CCCC(NC(=O)OC(C)(C)C)C(=O)N1CC(Oc2cc(-c3ccccc3)nc3cc(OC)ccc23)CC1C(=O)NC1(C(=O)OCC)CC1C=C. The molecule has 1 aliphatic heterocycles. The topological polar surface area (TPSA) is 145 Å². The fraction of sp³-hybridized carbons (Fsp3) is 0.425. The zero-order valence-corrected chi connectivity index (χ0v) is 30.5. The van der Waals surface area contributed by atoms with E-state index in [1.54, 1.807) is 47.0 Å². The highest BCUT2D eigenvalue weighted by Gasteiger charge is 2.62. The minimum atomic E-state index is -1.27. The van der Waals surface area contributed by atoms with Crippen molar-refractivity contribution in [1.82, 2.24) is 20.5 Å². The van der Waals surface area contributed by atoms with Crippen LogP contribution in [-0.2, 0) is 23.9 Å². The number of benzene rings is 2. The Morgan fingerprint density at radius 2 is 1.85 bits per heavy atom. The lowest BCUT2D eigenvalue weighted by molar-refractivity contribution is -0.150. The normalized spacial score (nSPS) is 21.4. The molecule has 1 saturated heterocycles. The zero-order valence-electron chi connectivity index (χ0n) is 30.5. The van der Waals surface area contributed by atoms with E-state index in [0.717, 1.165) is 10.9 Å². The molecule has 2 aromatic carbocycles. The van der Waals surface area contributed by atoms with Crippen molar-refractivity contribution >= 4 is 34.8 Å². The first kappa shape index (κ1) is 37.9. The highest BCUT2D eigenvalue weighted by molar-refractivity contribution is 5.97. The first-order valence-corrected chi connectivity index (χ1v) is 17.6. The minimum Gasteiger partial charge on any atom is -0.497 e. The van der Waals surface area contributed by atoms with E-state index >= 15 is 0 Å². The Morgan fingerprint density at radius 3 is 2.48 bits per heavy atom. The second kappa shape index (κ2) is 15.9. The number of nitrogens with zero attached hydrogens (tertiary/aromatic N) is 2. The molecule has 1 aliphatic carbocycles. The van der Waals surface area contributed by atoms with E-state index in [1.165, 1.54) is 4.90 Å². The molecular formula is C40H48N4O8. The maximum Gasteiger partial charge on any atom is 0.408 e. The lowest BCUT2D eigenvalue weighted by Gasteiger charge is -2.30. The summed E-state index contributed by atoms with van der Waals surface area (Å²) in [7, 11) is 1.58. The van der Waals surface area contributed by atoms with Crippen LogP contribution in [0.15, 0.2) is 79.9 Å². The van der Waals surface area contributed by atoms with E-state index in [0.29, 0.717) is 35.6 Å². The second-order valence-corrected chi connectivity index (χ2v) is 14.0. The van der Waals surface area contributed by atoms with Gasteiger partial charge < -0.3 is 34.5 Å². The number of carbonyl (C=O) groups excluding carboxylic acids is 4. The molecule has 276 valence electrons. The van der Waals surface area contributed by atoms with Gasteiger partial charge in [0.05, 0.1) is 31.5 Å². The highest BCUT2D eigenvalue weighted by Crippen LogP contribution is 2.46. The summed E-state index contributed by atoms with van der Waals surface area (Å²) in [6.45, 7) is 14.6. The molecule has 5 atom stereocenters. The number of likely N-dealkylation sites (tertiary alicyclic amines) is 1. The molecule has 12 nitrogen and oxygen atoms in total. The third-order valence-electron chi connectivity index (χ3n) is 9.12. The Labute approximate surface area is 304 Å². The number of rotatable bonds is 14. The number of allylic oxidation sites excluding steroid dienone is 1. The largest absolute Gasteiger partial charge is 0.497 e. The molecule has 3 aromatic rings. The number of hydrogen-bond donors (Lipinski definition) is 2. The van der Waals surface area contributed by atoms with Gasteiger partial charge in [-0.05, 0) is 59.1 Å². The number of alkyl carbamates (subject to hydrolysis) is 1. The second-order valence-electron chi connectivity index (χ2n) is 14.0. The number of fused-ring (bicyclic) bond motifs is 1. The van der Waals surface area contributed by atoms with Crippen molar-refractivity contribution in [3.05, 3.63) is 79.9 Å². The Balaban J connectivity index is 1.49. The summed E-state index contributed by atoms with van der Waals surface area (Å²) in [5, 5.41) is 6.32. The molecule has 0 bridgehead atoms. The van der Waals surface area contributed by atoms with E-state index in [4.69, 9.17) is 23.9 Å². The Hall–Kier alpha value is -5.39. The van der Waals surface area contributed by atoms with Gasteiger partial charge in [0, 0.05) is 35.4 Å². The van der Waals surface area contributed by atoms with Gasteiger partial charge >= 0.3 is 12.1 Å². The van der Waals surface area contributed by atoms with Crippen LogP contribution in [0, 0.1) is 5.92 Å². The minimum absolute atomic E-state index is 0.0233. The molecular weight excluding hydrogens is 664 g/mol. The molecule has 2 fully saturated rings. The summed E-state index contributed by atoms with van der Waals surface area (Å²) >= 11 is 0. The lowest BCUT2D eigenvalue weighted by atomic mass is 10.1. The van der Waals surface area contributed by atoms with Gasteiger partial charge in [-0.25, -0.2) is 14.6 Å². The quantitative estimate of drug-likeness (QED) is 0.158. The molecule has 2 N–H and O–H groups in total. The number of aromatic nitrogens is 1. The monoisotopic (exact) mass is 712 g/mol. The highest BCUT2D eigenvalue weighted by atomic mass is 16.6. The number of methoxy groups -OCH3 is 1. The number of pyridine rings is 1. The first-order valence-electron chi connectivity index (χ1n) is 17.6. The Morgan fingerprint density at radius 1 is 1.10 bits per heavy atom. The maximum absolute atomic E-state index is 14.4. The number of ether oxygens (including phenoxy) is 4. The van der Waals surface area contributed by atoms with Crippen molar-refractivity contribution in [1.29, 1.82) is 0 Å². The summed E-state index contributed by atoms with van der Waals surface area (Å²) in [5.41, 5.74) is 0.117. The van der Waals surface area contributed by atoms with Crippen LogP contribution in [0.3, 0.4) is 0 Å². The van der Waals surface area contributed by atoms with Crippen LogP contribution in [0.4, 0.5) is 4.79 Å². The molecule has 2 aliphatic rings. The van der Waals surface area contributed by atoms with Crippen molar-refractivity contribution in [3.63, 3.8) is 0 Å². The predicted octanol–water partition coefficient (Wildman–Crippen LogP) is 5.74. The first-order chi connectivity index (χ1) is 24.8. The van der Waals surface area contributed by atoms with Crippen LogP contribution >= 0.6 is 0 Å². The lowest BCUT2D eigenvalue weighted by Crippen LogP contribution is -2.56. The summed E-state index contributed by atoms with van der Waals surface area (Å²) in [5.74, 6) is -0.766. The van der Waals surface area contributed by atoms with Gasteiger partial charge in [-0.2, -0.15) is 0 Å². The van der Waals surface area contributed by atoms with Crippen molar-refractivity contribution in [2.75, 3.05) is 20.3 Å². The molecule has 0 radical (unpaired) electrons. The number of nitrogens with one attached hydrogen (secondary N) is 2. The molecule has 1 saturated carbocycles. The van der Waals surface area contributed by atoms with E-state index in [9.17, 15) is 19.2 Å². The van der Waals surface area contributed by atoms with E-state index < -0.39 is 53.2 Å². The Bertz CT molecular complexity index is 1820. The number of hydrogen-bond acceptors (Lipinski definition) is 9. The standard InChI is InChI=1S/C40H48N4O8/c1-8-11-17-30(42-38(48)52-39(4,5)6)36(46)44-24-28(21-33(44)35(45)43-40(23-26(40)9-2)37(47)50-10-3)51-34-22-31(25-15-13-12-14-16-25)41-32-20-27(49-7)18-19-29(32)34/h8-9,12-16,18-20,22,26,28,30,33H,1-2,10-11,17,21,23-24H2,3-7H3,(H,42,48)(H,43,45). The molecule has 1 aromatic heterocycles. The number of carbonyl (C=O) groups is 4. The summed E-state index contributed by atoms with van der Waals surface area (Å²) in [6, 6.07) is 14.9. The number of amides is 3. The van der Waals surface area contributed by atoms with Crippen LogP contribution < -0.4 is 20.1 Å². The summed E-state index contributed by atoms with van der Waals surface area (Å²) in [4.78, 5) is 60.8. The van der Waals surface area contributed by atoms with Gasteiger partial charge in [-0.3, -0.25) is 9.59 Å². The Kier molecular flexibility index (Phi) is 11.6. The summed E-state index contributed by atoms with van der Waals surface area (Å²) in [6.07, 6.45) is 2.93. The van der Waals surface area contributed by atoms with E-state index in [2.05, 4.69) is 23.8 Å². The van der Waals surface area contributed by atoms with E-state index in [1.807, 2.05) is 54.6 Å². The van der Waals surface area contributed by atoms with Crippen molar-refractivity contribution < 1.29 is 38.1 Å². The molecule has 12 heteroatoms. The summed E-state index contributed by atoms with van der Waals surface area (Å²) < 4.78 is 22.9. The van der Waals surface area contributed by atoms with Gasteiger partial charge in [-0.15, -0.1) is 13.2 Å². The molecule has 2 heterocycles. The third kappa shape index (κ3) is 8.55. The molecule has 52 heavy (non-hydrogen) atoms. The van der Waals surface area contributed by atoms with Crippen LogP contribution in [0.25, 0.3) is 22.2 Å². The van der Waals surface area contributed by atoms with Crippen LogP contribution in [0.1, 0.15) is 53.4 Å². The average molecular weight is 713 g/mol. The van der Waals surface area contributed by atoms with Crippen LogP contribution in [-0.4, -0.2) is 83.3 Å². The fourth-order valence-electron chi connectivity index (χ4n) is 6.47. The molecule has 3 amide bonds. The third-order valence-corrected chi connectivity index (χ3v) is 9.12. The van der Waals surface area contributed by atoms with Gasteiger partial charge in [0.2, 0.25) is 11.8 Å². The zero-order chi connectivity index (χ0) is 37.6. The molecule has 5 rings (SSSR count). The molecule has 5 unspecified atom stereocenters. The average Bonchev–Trinajstić information content (AvgIpc) is 3.67. The van der Waals surface area contributed by atoms with Crippen molar-refractivity contribution in [2.45, 2.75) is 82.7 Å². The predicted molar refractivity (Wildman–Crippen MR) is 197 cm³/mol. The van der Waals surface area contributed by atoms with Crippen molar-refractivity contribution in [2.24, 2.45) is 5.92 Å². The van der Waals surface area contributed by atoms with Gasteiger partial charge in [-0.1, -0.05) is 42.5 Å².